The molecule has 36 heavy (non-hydrogen) atoms. The van der Waals surface area contributed by atoms with Crippen LogP contribution in [0.25, 0.3) is 0 Å². The number of hydrogen-bond acceptors (Lipinski definition) is 5. The van der Waals surface area contributed by atoms with Crippen LogP contribution in [0.4, 0.5) is 0 Å². The minimum atomic E-state index is -4.07. The summed E-state index contributed by atoms with van der Waals surface area (Å²) in [5, 5.41) is 25.1. The number of nitrogens with one attached hydrogen (secondary N) is 1. The second kappa shape index (κ2) is 10.1. The van der Waals surface area contributed by atoms with Crippen LogP contribution >= 0.6 is 0 Å². The topological polar surface area (TPSA) is 124 Å². The van der Waals surface area contributed by atoms with Crippen LogP contribution in [0, 0.1) is 46.3 Å². The number of carbonyl (C=O) groups excluding carboxylic acids is 1. The van der Waals surface area contributed by atoms with Gasteiger partial charge in [0.2, 0.25) is 5.91 Å². The molecule has 8 heteroatoms. The first-order chi connectivity index (χ1) is 16.7. The number of hydrogen-bond donors (Lipinski definition) is 4. The molecule has 208 valence electrons. The Labute approximate surface area is 217 Å². The number of rotatable bonds is 8. The molecule has 4 fully saturated rings. The molecule has 4 rings (SSSR count). The zero-order valence-corrected chi connectivity index (χ0v) is 23.5. The molecule has 0 radical (unpaired) electrons. The van der Waals surface area contributed by atoms with Crippen LogP contribution in [-0.4, -0.2) is 53.1 Å². The predicted molar refractivity (Wildman–Crippen MR) is 140 cm³/mol. The number of aliphatic hydroxyl groups is 2. The molecule has 0 unspecified atom stereocenters. The second-order valence-electron chi connectivity index (χ2n) is 13.4. The van der Waals surface area contributed by atoms with E-state index < -0.39 is 21.5 Å². The summed E-state index contributed by atoms with van der Waals surface area (Å²) >= 11 is 0. The van der Waals surface area contributed by atoms with Crippen molar-refractivity contribution in [3.8, 4) is 0 Å². The van der Waals surface area contributed by atoms with Gasteiger partial charge in [0.1, 0.15) is 0 Å². The number of carbonyl (C=O) groups is 1. The Morgan fingerprint density at radius 1 is 1.08 bits per heavy atom. The lowest BCUT2D eigenvalue weighted by Gasteiger charge is -2.65. The lowest BCUT2D eigenvalue weighted by Crippen LogP contribution is -2.63. The van der Waals surface area contributed by atoms with E-state index in [0.717, 1.165) is 57.8 Å². The summed E-state index contributed by atoms with van der Waals surface area (Å²) in [7, 11) is -4.07. The highest BCUT2D eigenvalue weighted by atomic mass is 32.2. The third kappa shape index (κ3) is 5.13. The van der Waals surface area contributed by atoms with Crippen molar-refractivity contribution in [1.29, 1.82) is 0 Å². The molecule has 10 atom stereocenters. The van der Waals surface area contributed by atoms with Gasteiger partial charge in [-0.2, -0.15) is 8.42 Å². The molecule has 0 aliphatic heterocycles. The Balaban J connectivity index is 1.45. The Morgan fingerprint density at radius 2 is 1.75 bits per heavy atom. The van der Waals surface area contributed by atoms with Gasteiger partial charge in [0.05, 0.1) is 17.5 Å². The maximum atomic E-state index is 12.3. The van der Waals surface area contributed by atoms with E-state index in [1.807, 2.05) is 0 Å². The molecule has 0 heterocycles. The maximum Gasteiger partial charge on any atom is 0.266 e. The van der Waals surface area contributed by atoms with Crippen LogP contribution in [0.15, 0.2) is 0 Å². The third-order valence-electron chi connectivity index (χ3n) is 11.7. The van der Waals surface area contributed by atoms with E-state index in [1.165, 1.54) is 6.42 Å². The summed E-state index contributed by atoms with van der Waals surface area (Å²) in [6.45, 7) is 9.23. The van der Waals surface area contributed by atoms with Gasteiger partial charge in [0.15, 0.2) is 0 Å². The standard InChI is InChI=1S/C28H49NO6S/c1-5-28(32)17-19-16-20(30)10-12-26(19,3)23-11-13-27(4)21(7-8-22(27)25(23)28)18(2)6-9-24(31)29-14-15-36(33,34)35/h18-23,25,30,32H,5-17H2,1-4H3,(H,29,31)(H,33,34,35)/t18-,19+,20-,21-,22+,23+,25+,26+,27-,28-/m1/s1. The van der Waals surface area contributed by atoms with Gasteiger partial charge in [-0.15, -0.1) is 0 Å². The van der Waals surface area contributed by atoms with Crippen molar-refractivity contribution in [1.82, 2.24) is 5.32 Å². The molecule has 4 aliphatic carbocycles. The Hall–Kier alpha value is -0.700. The van der Waals surface area contributed by atoms with E-state index >= 15 is 0 Å². The molecule has 1 amide bonds. The third-order valence-corrected chi connectivity index (χ3v) is 12.4. The van der Waals surface area contributed by atoms with Crippen LogP contribution in [0.2, 0.25) is 0 Å². The van der Waals surface area contributed by atoms with E-state index in [1.54, 1.807) is 0 Å². The van der Waals surface area contributed by atoms with Gasteiger partial charge in [-0.3, -0.25) is 9.35 Å². The molecule has 4 aliphatic rings. The monoisotopic (exact) mass is 527 g/mol. The van der Waals surface area contributed by atoms with Crippen molar-refractivity contribution < 1.29 is 28.0 Å². The van der Waals surface area contributed by atoms with Crippen molar-refractivity contribution in [3.63, 3.8) is 0 Å². The number of aliphatic hydroxyl groups excluding tert-OH is 1. The van der Waals surface area contributed by atoms with Gasteiger partial charge in [-0.25, -0.2) is 0 Å². The van der Waals surface area contributed by atoms with Crippen molar-refractivity contribution >= 4 is 16.0 Å². The van der Waals surface area contributed by atoms with Gasteiger partial charge in [-0.1, -0.05) is 27.7 Å². The smallest absolute Gasteiger partial charge is 0.266 e. The van der Waals surface area contributed by atoms with Crippen LogP contribution in [-0.2, 0) is 14.9 Å². The van der Waals surface area contributed by atoms with Crippen molar-refractivity contribution in [2.75, 3.05) is 12.3 Å². The Kier molecular flexibility index (Phi) is 7.96. The summed E-state index contributed by atoms with van der Waals surface area (Å²) in [5.41, 5.74) is -0.303. The van der Waals surface area contributed by atoms with E-state index in [-0.39, 0.29) is 29.4 Å². The average Bonchev–Trinajstić information content (AvgIpc) is 3.15. The van der Waals surface area contributed by atoms with Crippen molar-refractivity contribution in [3.05, 3.63) is 0 Å². The lowest BCUT2D eigenvalue weighted by atomic mass is 9.41. The summed E-state index contributed by atoms with van der Waals surface area (Å²) in [6.07, 6.45) is 9.83. The highest BCUT2D eigenvalue weighted by Gasteiger charge is 2.66. The molecule has 0 saturated heterocycles. The summed E-state index contributed by atoms with van der Waals surface area (Å²) in [4.78, 5) is 12.3. The minimum Gasteiger partial charge on any atom is -0.393 e. The van der Waals surface area contributed by atoms with Gasteiger partial charge < -0.3 is 15.5 Å². The van der Waals surface area contributed by atoms with Crippen LogP contribution < -0.4 is 5.32 Å². The lowest BCUT2D eigenvalue weighted by molar-refractivity contribution is -0.220. The molecular formula is C28H49NO6S. The van der Waals surface area contributed by atoms with Gasteiger partial charge in [0, 0.05) is 13.0 Å². The second-order valence-corrected chi connectivity index (χ2v) is 15.0. The van der Waals surface area contributed by atoms with Crippen LogP contribution in [0.3, 0.4) is 0 Å². The molecule has 0 spiro atoms. The first-order valence-corrected chi connectivity index (χ1v) is 16.0. The minimum absolute atomic E-state index is 0.0648. The predicted octanol–water partition coefficient (Wildman–Crippen LogP) is 4.18. The summed E-state index contributed by atoms with van der Waals surface area (Å²) in [6, 6.07) is 0. The fourth-order valence-electron chi connectivity index (χ4n) is 9.72. The number of fused-ring (bicyclic) bond motifs is 5. The molecule has 0 aromatic carbocycles. The van der Waals surface area contributed by atoms with Gasteiger partial charge in [-0.05, 0) is 111 Å². The fraction of sp³-hybridized carbons (Fsp3) is 0.964. The molecule has 4 N–H and O–H groups in total. The van der Waals surface area contributed by atoms with Gasteiger partial charge >= 0.3 is 0 Å². The highest BCUT2D eigenvalue weighted by Crippen LogP contribution is 2.70. The maximum absolute atomic E-state index is 12.3. The van der Waals surface area contributed by atoms with Crippen molar-refractivity contribution in [2.24, 2.45) is 46.3 Å². The highest BCUT2D eigenvalue weighted by molar-refractivity contribution is 7.85. The van der Waals surface area contributed by atoms with Gasteiger partial charge in [0.25, 0.3) is 10.1 Å². The molecule has 0 aromatic heterocycles. The van der Waals surface area contributed by atoms with Crippen molar-refractivity contribution in [2.45, 2.75) is 110 Å². The van der Waals surface area contributed by atoms with Crippen LogP contribution in [0.5, 0.6) is 0 Å². The normalized spacial score (nSPS) is 45.3. The zero-order valence-electron chi connectivity index (χ0n) is 22.7. The largest absolute Gasteiger partial charge is 0.393 e. The van der Waals surface area contributed by atoms with E-state index in [2.05, 4.69) is 33.0 Å². The molecule has 0 aromatic rings. The molecule has 0 bridgehead atoms. The molecular weight excluding hydrogens is 478 g/mol. The first kappa shape index (κ1) is 28.3. The number of amides is 1. The quantitative estimate of drug-likeness (QED) is 0.351. The molecule has 4 saturated carbocycles. The SMILES string of the molecule is CC[C@@]1(O)C[C@@H]2C[C@H](O)CC[C@]2(C)[C@H]2CC[C@]3(C)[C@@H]([C@H](C)CCC(=O)NCCS(=O)(=O)O)CC[C@H]3[C@@H]21. The fourth-order valence-corrected chi connectivity index (χ4v) is 10.1. The summed E-state index contributed by atoms with van der Waals surface area (Å²) in [5.74, 6) is 1.95. The average molecular weight is 528 g/mol. The van der Waals surface area contributed by atoms with Crippen LogP contribution in [0.1, 0.15) is 98.3 Å². The zero-order chi connectivity index (χ0) is 26.5. The Bertz CT molecular complexity index is 925. The van der Waals surface area contributed by atoms with E-state index in [9.17, 15) is 23.4 Å². The summed E-state index contributed by atoms with van der Waals surface area (Å²) < 4.78 is 30.6. The van der Waals surface area contributed by atoms with E-state index in [0.29, 0.717) is 41.9 Å². The Morgan fingerprint density at radius 3 is 2.42 bits per heavy atom. The molecule has 7 nitrogen and oxygen atoms in total. The first-order valence-electron chi connectivity index (χ1n) is 14.4. The van der Waals surface area contributed by atoms with E-state index in [4.69, 9.17) is 4.55 Å².